The number of hydrogen-bond donors (Lipinski definition) is 1. The van der Waals surface area contributed by atoms with E-state index >= 15 is 0 Å². The first-order valence-electron chi connectivity index (χ1n) is 5.90. The van der Waals surface area contributed by atoms with Gasteiger partial charge in [-0.15, -0.1) is 0 Å². The molecule has 0 aliphatic heterocycles. The summed E-state index contributed by atoms with van der Waals surface area (Å²) in [6.07, 6.45) is 1.01. The molecule has 2 aromatic heterocycles. The quantitative estimate of drug-likeness (QED) is 0.904. The molecule has 98 valence electrons. The molecule has 0 aliphatic carbocycles. The molecule has 2 aromatic rings. The molecule has 1 atom stereocenters. The third kappa shape index (κ3) is 2.57. The summed E-state index contributed by atoms with van der Waals surface area (Å²) in [4.78, 5) is 0. The van der Waals surface area contributed by atoms with Crippen LogP contribution in [0.2, 0.25) is 0 Å². The minimum atomic E-state index is -0.534. The van der Waals surface area contributed by atoms with E-state index in [0.29, 0.717) is 12.3 Å². The summed E-state index contributed by atoms with van der Waals surface area (Å²) in [7, 11) is 3.42. The van der Waals surface area contributed by atoms with E-state index < -0.39 is 6.10 Å². The van der Waals surface area contributed by atoms with Crippen LogP contribution in [0.15, 0.2) is 16.8 Å². The summed E-state index contributed by atoms with van der Waals surface area (Å²) < 4.78 is 6.96. The first-order valence-corrected chi connectivity index (χ1v) is 6.84. The van der Waals surface area contributed by atoms with E-state index in [2.05, 4.69) is 21.9 Å². The van der Waals surface area contributed by atoms with Gasteiger partial charge in [0.1, 0.15) is 0 Å². The molecule has 1 N–H and O–H groups in total. The summed E-state index contributed by atoms with van der Waals surface area (Å²) in [6.45, 7) is 1.89. The number of methoxy groups -OCH3 is 1. The van der Waals surface area contributed by atoms with Crippen molar-refractivity contribution >= 4 is 11.3 Å². The number of aliphatic hydroxyl groups is 1. The summed E-state index contributed by atoms with van der Waals surface area (Å²) in [5.41, 5.74) is 2.89. The molecular formula is C13H18N2O2S. The van der Waals surface area contributed by atoms with E-state index in [9.17, 15) is 5.11 Å². The Morgan fingerprint density at radius 3 is 2.94 bits per heavy atom. The van der Waals surface area contributed by atoms with E-state index in [-0.39, 0.29) is 0 Å². The third-order valence-electron chi connectivity index (χ3n) is 3.03. The average molecular weight is 266 g/mol. The summed E-state index contributed by atoms with van der Waals surface area (Å²) >= 11 is 1.68. The van der Waals surface area contributed by atoms with Crippen molar-refractivity contribution in [3.63, 3.8) is 0 Å². The fourth-order valence-electron chi connectivity index (χ4n) is 2.16. The maximum Gasteiger partial charge on any atom is 0.217 e. The van der Waals surface area contributed by atoms with Crippen molar-refractivity contribution in [2.45, 2.75) is 25.9 Å². The second kappa shape index (κ2) is 5.54. The topological polar surface area (TPSA) is 47.3 Å². The number of thiophene rings is 1. The first kappa shape index (κ1) is 13.1. The molecular weight excluding hydrogens is 248 g/mol. The van der Waals surface area contributed by atoms with Crippen LogP contribution in [-0.2, 0) is 13.5 Å². The lowest BCUT2D eigenvalue weighted by Gasteiger charge is -2.11. The van der Waals surface area contributed by atoms with Crippen LogP contribution in [0, 0.1) is 6.92 Å². The third-order valence-corrected chi connectivity index (χ3v) is 3.76. The van der Waals surface area contributed by atoms with Gasteiger partial charge >= 0.3 is 0 Å². The molecule has 4 nitrogen and oxygen atoms in total. The lowest BCUT2D eigenvalue weighted by atomic mass is 10.0. The lowest BCUT2D eigenvalue weighted by Crippen LogP contribution is -2.03. The highest BCUT2D eigenvalue weighted by Crippen LogP contribution is 2.30. The van der Waals surface area contributed by atoms with Crippen LogP contribution >= 0.6 is 11.3 Å². The monoisotopic (exact) mass is 266 g/mol. The van der Waals surface area contributed by atoms with Gasteiger partial charge in [-0.2, -0.15) is 16.4 Å². The van der Waals surface area contributed by atoms with Crippen molar-refractivity contribution in [2.24, 2.45) is 7.05 Å². The first-order chi connectivity index (χ1) is 8.63. The SMILES string of the molecule is COc1c(C(O)CCc2ccsc2)c(C)nn1C. The maximum atomic E-state index is 10.3. The van der Waals surface area contributed by atoms with Gasteiger partial charge in [0, 0.05) is 7.05 Å². The van der Waals surface area contributed by atoms with Crippen molar-refractivity contribution in [3.8, 4) is 5.88 Å². The molecule has 5 heteroatoms. The molecule has 0 saturated heterocycles. The van der Waals surface area contributed by atoms with E-state index in [1.807, 2.05) is 14.0 Å². The number of rotatable bonds is 5. The highest BCUT2D eigenvalue weighted by molar-refractivity contribution is 7.07. The number of ether oxygens (including phenoxy) is 1. The Kier molecular flexibility index (Phi) is 4.04. The van der Waals surface area contributed by atoms with Gasteiger partial charge in [-0.3, -0.25) is 0 Å². The second-order valence-corrected chi connectivity index (χ2v) is 5.10. The van der Waals surface area contributed by atoms with Crippen molar-refractivity contribution < 1.29 is 9.84 Å². The standard InChI is InChI=1S/C13H18N2O2S/c1-9-12(13(17-3)15(2)14-9)11(16)5-4-10-6-7-18-8-10/h6-8,11,16H,4-5H2,1-3H3. The molecule has 0 amide bonds. The van der Waals surface area contributed by atoms with Crippen molar-refractivity contribution in [3.05, 3.63) is 33.6 Å². The fourth-order valence-corrected chi connectivity index (χ4v) is 2.86. The molecule has 18 heavy (non-hydrogen) atoms. The lowest BCUT2D eigenvalue weighted by molar-refractivity contribution is 0.162. The van der Waals surface area contributed by atoms with Crippen LogP contribution in [0.25, 0.3) is 0 Å². The Morgan fingerprint density at radius 2 is 2.33 bits per heavy atom. The number of aliphatic hydroxyl groups excluding tert-OH is 1. The Hall–Kier alpha value is -1.33. The zero-order chi connectivity index (χ0) is 13.1. The maximum absolute atomic E-state index is 10.3. The van der Waals surface area contributed by atoms with Crippen LogP contribution in [0.1, 0.15) is 29.3 Å². The Labute approximate surface area is 111 Å². The van der Waals surface area contributed by atoms with Crippen LogP contribution in [0.3, 0.4) is 0 Å². The number of hydrogen-bond acceptors (Lipinski definition) is 4. The van der Waals surface area contributed by atoms with Gasteiger partial charge in [0.2, 0.25) is 5.88 Å². The largest absolute Gasteiger partial charge is 0.481 e. The smallest absolute Gasteiger partial charge is 0.217 e. The van der Waals surface area contributed by atoms with Crippen molar-refractivity contribution in [1.82, 2.24) is 9.78 Å². The zero-order valence-electron chi connectivity index (χ0n) is 10.9. The molecule has 0 spiro atoms. The van der Waals surface area contributed by atoms with Crippen molar-refractivity contribution in [1.29, 1.82) is 0 Å². The second-order valence-electron chi connectivity index (χ2n) is 4.32. The van der Waals surface area contributed by atoms with Gasteiger partial charge in [-0.05, 0) is 42.2 Å². The van der Waals surface area contributed by atoms with Crippen LogP contribution in [0.5, 0.6) is 5.88 Å². The average Bonchev–Trinajstić information content (AvgIpc) is 2.93. The van der Waals surface area contributed by atoms with Gasteiger partial charge in [-0.1, -0.05) is 0 Å². The molecule has 2 rings (SSSR count). The molecule has 0 aliphatic rings. The highest BCUT2D eigenvalue weighted by Gasteiger charge is 2.21. The molecule has 0 saturated carbocycles. The van der Waals surface area contributed by atoms with Gasteiger partial charge < -0.3 is 9.84 Å². The Balaban J connectivity index is 2.11. The van der Waals surface area contributed by atoms with Crippen molar-refractivity contribution in [2.75, 3.05) is 7.11 Å². The van der Waals surface area contributed by atoms with Crippen LogP contribution < -0.4 is 4.74 Å². The summed E-state index contributed by atoms with van der Waals surface area (Å²) in [5, 5.41) is 18.7. The molecule has 0 radical (unpaired) electrons. The van der Waals surface area contributed by atoms with E-state index in [4.69, 9.17) is 4.74 Å². The predicted molar refractivity (Wildman–Crippen MR) is 72.1 cm³/mol. The van der Waals surface area contributed by atoms with E-state index in [1.54, 1.807) is 23.1 Å². The van der Waals surface area contributed by atoms with Gasteiger partial charge in [0.25, 0.3) is 0 Å². The Bertz CT molecular complexity index is 505. The highest BCUT2D eigenvalue weighted by atomic mass is 32.1. The van der Waals surface area contributed by atoms with E-state index in [0.717, 1.165) is 17.7 Å². The van der Waals surface area contributed by atoms with Crippen LogP contribution in [0.4, 0.5) is 0 Å². The molecule has 0 bridgehead atoms. The van der Waals surface area contributed by atoms with E-state index in [1.165, 1.54) is 5.56 Å². The van der Waals surface area contributed by atoms with Gasteiger partial charge in [0.05, 0.1) is 24.5 Å². The molecule has 0 aromatic carbocycles. The fraction of sp³-hybridized carbons (Fsp3) is 0.462. The molecule has 2 heterocycles. The summed E-state index contributed by atoms with van der Waals surface area (Å²) in [5.74, 6) is 0.644. The number of nitrogens with zero attached hydrogens (tertiary/aromatic N) is 2. The Morgan fingerprint density at radius 1 is 1.56 bits per heavy atom. The molecule has 0 fully saturated rings. The molecule has 1 unspecified atom stereocenters. The summed E-state index contributed by atoms with van der Waals surface area (Å²) in [6, 6.07) is 2.09. The minimum Gasteiger partial charge on any atom is -0.481 e. The number of aromatic nitrogens is 2. The normalized spacial score (nSPS) is 12.7. The minimum absolute atomic E-state index is 0.534. The van der Waals surface area contributed by atoms with Crippen LogP contribution in [-0.4, -0.2) is 22.0 Å². The van der Waals surface area contributed by atoms with Gasteiger partial charge in [0.15, 0.2) is 0 Å². The number of aryl methyl sites for hydroxylation is 3. The predicted octanol–water partition coefficient (Wildman–Crippen LogP) is 2.46. The zero-order valence-corrected chi connectivity index (χ0v) is 11.7. The van der Waals surface area contributed by atoms with Gasteiger partial charge in [-0.25, -0.2) is 4.68 Å².